The van der Waals surface area contributed by atoms with E-state index in [2.05, 4.69) is 5.32 Å². The van der Waals surface area contributed by atoms with Crippen molar-refractivity contribution in [1.29, 1.82) is 0 Å². The number of nitrogens with one attached hydrogen (secondary N) is 1. The molecule has 1 rings (SSSR count). The van der Waals surface area contributed by atoms with Gasteiger partial charge in [0.15, 0.2) is 0 Å². The second kappa shape index (κ2) is 5.94. The molecule has 6 heteroatoms. The summed E-state index contributed by atoms with van der Waals surface area (Å²) in [6.07, 6.45) is 0.143. The normalized spacial score (nSPS) is 9.94. The minimum absolute atomic E-state index is 0.0682. The molecule has 0 aliphatic heterocycles. The summed E-state index contributed by atoms with van der Waals surface area (Å²) >= 11 is 1.86. The van der Waals surface area contributed by atoms with Gasteiger partial charge in [-0.25, -0.2) is 4.79 Å². The highest BCUT2D eigenvalue weighted by atomic mass is 127. The van der Waals surface area contributed by atoms with Crippen LogP contribution in [0.5, 0.6) is 0 Å². The number of rotatable bonds is 4. The van der Waals surface area contributed by atoms with Gasteiger partial charge in [0.05, 0.1) is 14.8 Å². The first-order valence-corrected chi connectivity index (χ1v) is 6.22. The van der Waals surface area contributed by atoms with Gasteiger partial charge in [0.1, 0.15) is 5.78 Å². The fraction of sp³-hybridized carbons (Fsp3) is 0.250. The quantitative estimate of drug-likeness (QED) is 0.805. The molecule has 1 aromatic rings. The van der Waals surface area contributed by atoms with Crippen LogP contribution in [-0.4, -0.2) is 22.8 Å². The number of carbonyl (C=O) groups excluding carboxylic acids is 2. The van der Waals surface area contributed by atoms with Gasteiger partial charge in [-0.15, -0.1) is 0 Å². The maximum atomic E-state index is 11.1. The maximum Gasteiger partial charge on any atom is 0.336 e. The monoisotopic (exact) mass is 361 g/mol. The maximum absolute atomic E-state index is 11.1. The Bertz CT molecular complexity index is 525. The highest BCUT2D eigenvalue weighted by Crippen LogP contribution is 2.25. The second-order valence-electron chi connectivity index (χ2n) is 3.87. The summed E-state index contributed by atoms with van der Waals surface area (Å²) in [6, 6.07) is 3.08. The van der Waals surface area contributed by atoms with Crippen molar-refractivity contribution in [2.24, 2.45) is 0 Å². The summed E-state index contributed by atoms with van der Waals surface area (Å²) in [6.45, 7) is 2.77. The topological polar surface area (TPSA) is 83.5 Å². The molecule has 0 atom stereocenters. The van der Waals surface area contributed by atoms with Crippen LogP contribution in [0.2, 0.25) is 0 Å². The number of hydrogen-bond acceptors (Lipinski definition) is 3. The Morgan fingerprint density at radius 3 is 2.33 bits per heavy atom. The van der Waals surface area contributed by atoms with Crippen LogP contribution in [0, 0.1) is 3.57 Å². The minimum atomic E-state index is -1.09. The standard InChI is InChI=1S/C12H12INO4/c1-6(15)3-8-4-9(12(17)18)11(13)10(5-8)14-7(2)16/h4-5H,3H2,1-2H3,(H,14,16)(H,17,18). The number of anilines is 1. The number of carboxylic acid groups (broad SMARTS) is 1. The Hall–Kier alpha value is -1.44. The predicted molar refractivity (Wildman–Crippen MR) is 74.8 cm³/mol. The minimum Gasteiger partial charge on any atom is -0.478 e. The molecule has 0 radical (unpaired) electrons. The Labute approximate surface area is 118 Å². The van der Waals surface area contributed by atoms with Crippen molar-refractivity contribution in [3.05, 3.63) is 26.8 Å². The third-order valence-electron chi connectivity index (χ3n) is 2.13. The van der Waals surface area contributed by atoms with Crippen molar-refractivity contribution in [2.45, 2.75) is 20.3 Å². The summed E-state index contributed by atoms with van der Waals surface area (Å²) in [4.78, 5) is 33.2. The zero-order chi connectivity index (χ0) is 13.9. The van der Waals surface area contributed by atoms with Gasteiger partial charge in [0.2, 0.25) is 5.91 Å². The molecule has 5 nitrogen and oxygen atoms in total. The number of ketones is 1. The number of halogens is 1. The van der Waals surface area contributed by atoms with Crippen LogP contribution in [0.15, 0.2) is 12.1 Å². The lowest BCUT2D eigenvalue weighted by Crippen LogP contribution is -2.12. The van der Waals surface area contributed by atoms with Gasteiger partial charge >= 0.3 is 5.97 Å². The lowest BCUT2D eigenvalue weighted by atomic mass is 10.0. The number of Topliss-reactive ketones (excluding diaryl/α,β-unsaturated/α-hetero) is 1. The predicted octanol–water partition coefficient (Wildman–Crippen LogP) is 2.08. The summed E-state index contributed by atoms with van der Waals surface area (Å²) in [5, 5.41) is 11.6. The molecule has 96 valence electrons. The smallest absolute Gasteiger partial charge is 0.336 e. The van der Waals surface area contributed by atoms with Crippen LogP contribution in [0.1, 0.15) is 29.8 Å². The number of carbonyl (C=O) groups is 3. The van der Waals surface area contributed by atoms with Gasteiger partial charge in [0, 0.05) is 13.3 Å². The van der Waals surface area contributed by atoms with E-state index in [9.17, 15) is 14.4 Å². The van der Waals surface area contributed by atoms with E-state index in [-0.39, 0.29) is 23.7 Å². The number of benzene rings is 1. The molecular weight excluding hydrogens is 349 g/mol. The Kier molecular flexibility index (Phi) is 4.83. The van der Waals surface area contributed by atoms with Gasteiger partial charge < -0.3 is 10.4 Å². The first-order valence-electron chi connectivity index (χ1n) is 5.14. The van der Waals surface area contributed by atoms with Crippen molar-refractivity contribution in [1.82, 2.24) is 0 Å². The molecule has 0 aliphatic carbocycles. The van der Waals surface area contributed by atoms with Crippen LogP contribution in [0.4, 0.5) is 5.69 Å². The summed E-state index contributed by atoms with van der Waals surface area (Å²) < 4.78 is 0.447. The fourth-order valence-electron chi connectivity index (χ4n) is 1.51. The Morgan fingerprint density at radius 1 is 1.28 bits per heavy atom. The number of hydrogen-bond donors (Lipinski definition) is 2. The largest absolute Gasteiger partial charge is 0.478 e. The third-order valence-corrected chi connectivity index (χ3v) is 3.29. The zero-order valence-electron chi connectivity index (χ0n) is 9.91. The summed E-state index contributed by atoms with van der Waals surface area (Å²) in [5.74, 6) is -1.44. The highest BCUT2D eigenvalue weighted by molar-refractivity contribution is 14.1. The van der Waals surface area contributed by atoms with Crippen molar-refractivity contribution in [3.63, 3.8) is 0 Å². The molecule has 18 heavy (non-hydrogen) atoms. The molecule has 0 saturated carbocycles. The van der Waals surface area contributed by atoms with Crippen molar-refractivity contribution >= 4 is 45.9 Å². The molecule has 0 aromatic heterocycles. The second-order valence-corrected chi connectivity index (χ2v) is 4.95. The molecule has 0 bridgehead atoms. The molecule has 0 spiro atoms. The van der Waals surface area contributed by atoms with Gasteiger partial charge in [-0.1, -0.05) is 0 Å². The number of amides is 1. The van der Waals surface area contributed by atoms with Gasteiger partial charge in [-0.2, -0.15) is 0 Å². The van der Waals surface area contributed by atoms with Crippen molar-refractivity contribution in [2.75, 3.05) is 5.32 Å². The first-order chi connectivity index (χ1) is 8.31. The highest BCUT2D eigenvalue weighted by Gasteiger charge is 2.15. The van der Waals surface area contributed by atoms with Crippen LogP contribution >= 0.6 is 22.6 Å². The average molecular weight is 361 g/mol. The van der Waals surface area contributed by atoms with Crippen molar-refractivity contribution < 1.29 is 19.5 Å². The fourth-order valence-corrected chi connectivity index (χ4v) is 2.19. The van der Waals surface area contributed by atoms with E-state index in [1.54, 1.807) is 6.07 Å². The number of carboxylic acids is 1. The van der Waals surface area contributed by atoms with Gasteiger partial charge in [-0.05, 0) is 47.2 Å². The van der Waals surface area contributed by atoms with E-state index in [0.29, 0.717) is 14.8 Å². The molecule has 0 unspecified atom stereocenters. The first kappa shape index (κ1) is 14.6. The van der Waals surface area contributed by atoms with E-state index in [1.807, 2.05) is 22.6 Å². The molecule has 0 aliphatic rings. The zero-order valence-corrected chi connectivity index (χ0v) is 12.1. The molecule has 1 amide bonds. The van der Waals surface area contributed by atoms with Crippen molar-refractivity contribution in [3.8, 4) is 0 Å². The SMILES string of the molecule is CC(=O)Cc1cc(NC(C)=O)c(I)c(C(=O)O)c1. The third kappa shape index (κ3) is 3.80. The lowest BCUT2D eigenvalue weighted by Gasteiger charge is -2.10. The lowest BCUT2D eigenvalue weighted by molar-refractivity contribution is -0.116. The van der Waals surface area contributed by atoms with Gasteiger partial charge in [-0.3, -0.25) is 9.59 Å². The Balaban J connectivity index is 3.31. The molecule has 0 fully saturated rings. The van der Waals surface area contributed by atoms with E-state index >= 15 is 0 Å². The van der Waals surface area contributed by atoms with E-state index in [1.165, 1.54) is 19.9 Å². The Morgan fingerprint density at radius 2 is 1.89 bits per heavy atom. The van der Waals surface area contributed by atoms with Crippen LogP contribution < -0.4 is 5.32 Å². The van der Waals surface area contributed by atoms with Crippen LogP contribution in [0.3, 0.4) is 0 Å². The average Bonchev–Trinajstić information content (AvgIpc) is 2.20. The molecule has 1 aromatic carbocycles. The van der Waals surface area contributed by atoms with Crippen LogP contribution in [0.25, 0.3) is 0 Å². The van der Waals surface area contributed by atoms with Crippen LogP contribution in [-0.2, 0) is 16.0 Å². The van der Waals surface area contributed by atoms with E-state index in [0.717, 1.165) is 0 Å². The van der Waals surface area contributed by atoms with E-state index in [4.69, 9.17) is 5.11 Å². The summed E-state index contributed by atoms with van der Waals surface area (Å²) in [5.41, 5.74) is 1.07. The molecule has 0 saturated heterocycles. The molecule has 2 N–H and O–H groups in total. The molecular formula is C12H12INO4. The van der Waals surface area contributed by atoms with E-state index < -0.39 is 5.97 Å². The number of aromatic carboxylic acids is 1. The van der Waals surface area contributed by atoms with Gasteiger partial charge in [0.25, 0.3) is 0 Å². The summed E-state index contributed by atoms with van der Waals surface area (Å²) in [7, 11) is 0. The molecule has 0 heterocycles.